The second-order valence-corrected chi connectivity index (χ2v) is 10.6. The van der Waals surface area contributed by atoms with E-state index in [1.165, 1.54) is 13.0 Å². The van der Waals surface area contributed by atoms with Crippen LogP contribution in [0.2, 0.25) is 10.0 Å². The van der Waals surface area contributed by atoms with E-state index in [2.05, 4.69) is 11.8 Å². The molecule has 3 unspecified atom stereocenters. The SMILES string of the molecule is CCOC(=O)C(C)S(=O)c1ccc(C(=O)N2CCN(c3cccc(Cl)c3)C(C)[C@@H]2C)cc1Cl. The summed E-state index contributed by atoms with van der Waals surface area (Å²) in [6.45, 7) is 8.76. The van der Waals surface area contributed by atoms with Crippen molar-refractivity contribution in [3.63, 3.8) is 0 Å². The van der Waals surface area contributed by atoms with Gasteiger partial charge in [0.05, 0.1) is 27.3 Å². The molecule has 0 spiro atoms. The number of anilines is 1. The Bertz CT molecular complexity index is 1060. The van der Waals surface area contributed by atoms with E-state index in [1.54, 1.807) is 19.1 Å². The third-order valence-corrected chi connectivity index (χ3v) is 8.28. The van der Waals surface area contributed by atoms with Gasteiger partial charge in [-0.25, -0.2) is 0 Å². The molecule has 1 heterocycles. The van der Waals surface area contributed by atoms with Gasteiger partial charge in [0.25, 0.3) is 5.91 Å². The molecule has 0 saturated carbocycles. The minimum Gasteiger partial charge on any atom is -0.465 e. The van der Waals surface area contributed by atoms with Crippen LogP contribution in [0.4, 0.5) is 5.69 Å². The highest BCUT2D eigenvalue weighted by atomic mass is 35.5. The van der Waals surface area contributed by atoms with Gasteiger partial charge >= 0.3 is 5.97 Å². The normalized spacial score (nSPS) is 20.3. The highest BCUT2D eigenvalue weighted by Gasteiger charge is 2.34. The number of esters is 1. The monoisotopic (exact) mass is 510 g/mol. The molecule has 1 aliphatic heterocycles. The second kappa shape index (κ2) is 10.9. The number of rotatable bonds is 6. The van der Waals surface area contributed by atoms with Crippen LogP contribution in [-0.2, 0) is 20.3 Å². The van der Waals surface area contributed by atoms with Crippen LogP contribution < -0.4 is 4.90 Å². The van der Waals surface area contributed by atoms with Crippen molar-refractivity contribution in [3.05, 3.63) is 58.1 Å². The maximum absolute atomic E-state index is 13.3. The molecule has 2 aromatic rings. The van der Waals surface area contributed by atoms with Crippen molar-refractivity contribution in [2.75, 3.05) is 24.6 Å². The van der Waals surface area contributed by atoms with Crippen LogP contribution in [0.25, 0.3) is 0 Å². The maximum Gasteiger partial charge on any atom is 0.321 e. The van der Waals surface area contributed by atoms with E-state index in [0.717, 1.165) is 5.69 Å². The summed E-state index contributed by atoms with van der Waals surface area (Å²) in [6.07, 6.45) is 0. The number of piperazine rings is 1. The van der Waals surface area contributed by atoms with E-state index in [0.29, 0.717) is 28.6 Å². The highest BCUT2D eigenvalue weighted by Crippen LogP contribution is 2.29. The predicted molar refractivity (Wildman–Crippen MR) is 133 cm³/mol. The molecule has 33 heavy (non-hydrogen) atoms. The number of hydrogen-bond acceptors (Lipinski definition) is 5. The number of carbonyl (C=O) groups excluding carboxylic acids is 2. The van der Waals surface area contributed by atoms with E-state index in [4.69, 9.17) is 27.9 Å². The number of amides is 1. The van der Waals surface area contributed by atoms with Crippen LogP contribution in [0.1, 0.15) is 38.1 Å². The van der Waals surface area contributed by atoms with Crippen molar-refractivity contribution in [1.29, 1.82) is 0 Å². The van der Waals surface area contributed by atoms with Gasteiger partial charge in [-0.3, -0.25) is 13.8 Å². The van der Waals surface area contributed by atoms with Gasteiger partial charge in [-0.05, 0) is 64.1 Å². The lowest BCUT2D eigenvalue weighted by atomic mass is 10.0. The lowest BCUT2D eigenvalue weighted by Crippen LogP contribution is -2.59. The van der Waals surface area contributed by atoms with Crippen LogP contribution in [0, 0.1) is 0 Å². The molecule has 1 aliphatic rings. The molecule has 9 heteroatoms. The smallest absolute Gasteiger partial charge is 0.321 e. The number of carbonyl (C=O) groups is 2. The van der Waals surface area contributed by atoms with E-state index in [1.807, 2.05) is 36.1 Å². The molecule has 0 N–H and O–H groups in total. The Hall–Kier alpha value is -2.09. The Kier molecular flexibility index (Phi) is 8.43. The quantitative estimate of drug-likeness (QED) is 0.522. The van der Waals surface area contributed by atoms with Gasteiger partial charge < -0.3 is 14.5 Å². The number of ether oxygens (including phenoxy) is 1. The Balaban J connectivity index is 1.75. The Morgan fingerprint density at radius 3 is 2.48 bits per heavy atom. The van der Waals surface area contributed by atoms with Gasteiger partial charge in [-0.2, -0.15) is 0 Å². The van der Waals surface area contributed by atoms with E-state index < -0.39 is 22.0 Å². The second-order valence-electron chi connectivity index (χ2n) is 7.99. The standard InChI is InChI=1S/C24H28Cl2N2O4S/c1-5-32-24(30)17(4)33(31)22-10-9-18(13-21(22)26)23(29)28-12-11-27(15(2)16(28)3)20-8-6-7-19(25)14-20/h6-10,13-17H,5,11-12H2,1-4H3/t15?,16-,17?,33?/m0/s1. The predicted octanol–water partition coefficient (Wildman–Crippen LogP) is 4.79. The molecule has 1 amide bonds. The van der Waals surface area contributed by atoms with Crippen molar-refractivity contribution in [3.8, 4) is 0 Å². The molecular weight excluding hydrogens is 483 g/mol. The Morgan fingerprint density at radius 2 is 1.85 bits per heavy atom. The lowest BCUT2D eigenvalue weighted by Gasteiger charge is -2.46. The van der Waals surface area contributed by atoms with E-state index in [9.17, 15) is 13.8 Å². The summed E-state index contributed by atoms with van der Waals surface area (Å²) in [5.41, 5.74) is 1.44. The summed E-state index contributed by atoms with van der Waals surface area (Å²) in [4.78, 5) is 29.6. The molecule has 1 saturated heterocycles. The van der Waals surface area contributed by atoms with E-state index >= 15 is 0 Å². The van der Waals surface area contributed by atoms with Gasteiger partial charge in [-0.1, -0.05) is 29.3 Å². The molecular formula is C24H28Cl2N2O4S. The summed E-state index contributed by atoms with van der Waals surface area (Å²) < 4.78 is 17.7. The summed E-state index contributed by atoms with van der Waals surface area (Å²) in [7, 11) is -1.69. The maximum atomic E-state index is 13.3. The van der Waals surface area contributed by atoms with Crippen molar-refractivity contribution < 1.29 is 18.5 Å². The topological polar surface area (TPSA) is 66.9 Å². The van der Waals surface area contributed by atoms with Crippen molar-refractivity contribution in [1.82, 2.24) is 4.90 Å². The number of halogens is 2. The van der Waals surface area contributed by atoms with Crippen molar-refractivity contribution >= 4 is 51.6 Å². The summed E-state index contributed by atoms with van der Waals surface area (Å²) in [5.74, 6) is -0.690. The van der Waals surface area contributed by atoms with Gasteiger partial charge in [0.1, 0.15) is 5.25 Å². The fraction of sp³-hybridized carbons (Fsp3) is 0.417. The third kappa shape index (κ3) is 5.53. The molecule has 1 fully saturated rings. The largest absolute Gasteiger partial charge is 0.465 e. The summed E-state index contributed by atoms with van der Waals surface area (Å²) in [6, 6.07) is 12.4. The lowest BCUT2D eigenvalue weighted by molar-refractivity contribution is -0.142. The molecule has 0 bridgehead atoms. The van der Waals surface area contributed by atoms with Crippen LogP contribution in [0.15, 0.2) is 47.4 Å². The average molecular weight is 511 g/mol. The average Bonchev–Trinajstić information content (AvgIpc) is 2.79. The third-order valence-electron chi connectivity index (χ3n) is 6.00. The van der Waals surface area contributed by atoms with Gasteiger partial charge in [0.2, 0.25) is 0 Å². The van der Waals surface area contributed by atoms with Crippen LogP contribution in [0.5, 0.6) is 0 Å². The number of benzene rings is 2. The van der Waals surface area contributed by atoms with E-state index in [-0.39, 0.29) is 29.6 Å². The molecule has 4 atom stereocenters. The zero-order valence-electron chi connectivity index (χ0n) is 19.1. The van der Waals surface area contributed by atoms with Crippen molar-refractivity contribution in [2.45, 2.75) is 49.9 Å². The molecule has 0 aliphatic carbocycles. The first-order chi connectivity index (χ1) is 15.6. The Labute approximate surface area is 207 Å². The highest BCUT2D eigenvalue weighted by molar-refractivity contribution is 7.86. The molecule has 0 aromatic heterocycles. The first kappa shape index (κ1) is 25.5. The minimum absolute atomic E-state index is 0.0540. The van der Waals surface area contributed by atoms with Crippen LogP contribution in [0.3, 0.4) is 0 Å². The summed E-state index contributed by atoms with van der Waals surface area (Å²) in [5, 5.41) is 0.00768. The molecule has 178 valence electrons. The first-order valence-corrected chi connectivity index (χ1v) is 12.8. The Morgan fingerprint density at radius 1 is 1.12 bits per heavy atom. The zero-order valence-corrected chi connectivity index (χ0v) is 21.4. The molecule has 2 aromatic carbocycles. The molecule has 3 rings (SSSR count). The summed E-state index contributed by atoms with van der Waals surface area (Å²) >= 11 is 12.5. The van der Waals surface area contributed by atoms with Crippen molar-refractivity contribution in [2.24, 2.45) is 0 Å². The van der Waals surface area contributed by atoms with Crippen LogP contribution in [-0.4, -0.2) is 58.0 Å². The molecule has 0 radical (unpaired) electrons. The van der Waals surface area contributed by atoms with Gasteiger partial charge in [0.15, 0.2) is 0 Å². The molecule has 6 nitrogen and oxygen atoms in total. The fourth-order valence-corrected chi connectivity index (χ4v) is 5.62. The number of hydrogen-bond donors (Lipinski definition) is 0. The first-order valence-electron chi connectivity index (χ1n) is 10.9. The fourth-order valence-electron chi connectivity index (χ4n) is 3.95. The zero-order chi connectivity index (χ0) is 24.3. The van der Waals surface area contributed by atoms with Gasteiger partial charge in [0, 0.05) is 41.4 Å². The minimum atomic E-state index is -1.69. The van der Waals surface area contributed by atoms with Gasteiger partial charge in [-0.15, -0.1) is 0 Å². The number of nitrogens with zero attached hydrogens (tertiary/aromatic N) is 2. The van der Waals surface area contributed by atoms with Crippen LogP contribution >= 0.6 is 23.2 Å².